The Hall–Kier alpha value is -2.21. The number of anilines is 1. The molecule has 0 spiro atoms. The Morgan fingerprint density at radius 1 is 1.04 bits per heavy atom. The van der Waals surface area contributed by atoms with Gasteiger partial charge < -0.3 is 5.32 Å². The molecule has 2 heterocycles. The van der Waals surface area contributed by atoms with E-state index >= 15 is 0 Å². The first-order chi connectivity index (χ1) is 11.0. The van der Waals surface area contributed by atoms with Gasteiger partial charge >= 0.3 is 0 Å². The van der Waals surface area contributed by atoms with Gasteiger partial charge in [0.15, 0.2) is 5.82 Å². The zero-order valence-corrected chi connectivity index (χ0v) is 14.9. The molecule has 23 heavy (non-hydrogen) atoms. The lowest BCUT2D eigenvalue weighted by Gasteiger charge is -2.09. The average Bonchev–Trinajstić information content (AvgIpc) is 2.87. The molecule has 1 N–H and O–H groups in total. The van der Waals surface area contributed by atoms with E-state index in [1.165, 1.54) is 11.1 Å². The van der Waals surface area contributed by atoms with E-state index in [2.05, 4.69) is 55.6 Å². The largest absolute Gasteiger partial charge is 0.364 e. The Morgan fingerprint density at radius 2 is 1.87 bits per heavy atom. The summed E-state index contributed by atoms with van der Waals surface area (Å²) in [6.07, 6.45) is 0. The Kier molecular flexibility index (Phi) is 4.43. The van der Waals surface area contributed by atoms with Crippen LogP contribution in [0.25, 0.3) is 5.82 Å². The zero-order valence-electron chi connectivity index (χ0n) is 13.3. The predicted molar refractivity (Wildman–Crippen MR) is 94.8 cm³/mol. The van der Waals surface area contributed by atoms with E-state index in [1.807, 2.05) is 38.1 Å². The molecule has 2 aromatic heterocycles. The number of rotatable bonds is 4. The number of halogens is 1. The standard InChI is InChI=1S/C17H18BrN5/c1-11-4-5-15(18)9-14(11)10-19-16-6-7-17(21-20-16)23-13(3)8-12(2)22-23/h4-9H,10H2,1-3H3,(H,19,20). The molecule has 3 aromatic rings. The van der Waals surface area contributed by atoms with Crippen molar-refractivity contribution in [2.45, 2.75) is 27.3 Å². The van der Waals surface area contributed by atoms with Crippen LogP contribution in [-0.4, -0.2) is 20.0 Å². The quantitative estimate of drug-likeness (QED) is 0.753. The Bertz CT molecular complexity index is 824. The Morgan fingerprint density at radius 3 is 2.52 bits per heavy atom. The summed E-state index contributed by atoms with van der Waals surface area (Å²) in [5.74, 6) is 1.47. The average molecular weight is 372 g/mol. The van der Waals surface area contributed by atoms with Crippen LogP contribution in [-0.2, 0) is 6.54 Å². The van der Waals surface area contributed by atoms with Crippen molar-refractivity contribution in [1.29, 1.82) is 0 Å². The minimum Gasteiger partial charge on any atom is -0.364 e. The lowest BCUT2D eigenvalue weighted by atomic mass is 10.1. The van der Waals surface area contributed by atoms with Crippen LogP contribution in [0.4, 0.5) is 5.82 Å². The second-order valence-electron chi connectivity index (χ2n) is 5.54. The van der Waals surface area contributed by atoms with Gasteiger partial charge in [-0.1, -0.05) is 22.0 Å². The summed E-state index contributed by atoms with van der Waals surface area (Å²) in [5.41, 5.74) is 4.48. The lowest BCUT2D eigenvalue weighted by molar-refractivity contribution is 0.781. The highest BCUT2D eigenvalue weighted by Gasteiger charge is 2.06. The van der Waals surface area contributed by atoms with Gasteiger partial charge in [0, 0.05) is 16.7 Å². The van der Waals surface area contributed by atoms with Crippen LogP contribution in [0.2, 0.25) is 0 Å². The molecule has 0 atom stereocenters. The fourth-order valence-corrected chi connectivity index (χ4v) is 2.82. The molecular weight excluding hydrogens is 354 g/mol. The van der Waals surface area contributed by atoms with Crippen LogP contribution in [0.3, 0.4) is 0 Å². The van der Waals surface area contributed by atoms with Crippen LogP contribution in [0.15, 0.2) is 40.9 Å². The maximum Gasteiger partial charge on any atom is 0.176 e. The highest BCUT2D eigenvalue weighted by atomic mass is 79.9. The first kappa shape index (κ1) is 15.7. The molecule has 0 aliphatic heterocycles. The molecule has 0 saturated heterocycles. The summed E-state index contributed by atoms with van der Waals surface area (Å²) >= 11 is 3.50. The smallest absolute Gasteiger partial charge is 0.176 e. The first-order valence-electron chi connectivity index (χ1n) is 7.39. The number of hydrogen-bond donors (Lipinski definition) is 1. The van der Waals surface area contributed by atoms with Gasteiger partial charge in [-0.25, -0.2) is 4.68 Å². The van der Waals surface area contributed by atoms with E-state index in [0.29, 0.717) is 6.54 Å². The van der Waals surface area contributed by atoms with Crippen LogP contribution in [0, 0.1) is 20.8 Å². The summed E-state index contributed by atoms with van der Waals surface area (Å²) in [6.45, 7) is 6.78. The van der Waals surface area contributed by atoms with Crippen LogP contribution in [0.5, 0.6) is 0 Å². The molecule has 0 aliphatic rings. The number of aromatic nitrogens is 4. The Balaban J connectivity index is 1.73. The second kappa shape index (κ2) is 6.50. The molecule has 5 nitrogen and oxygen atoms in total. The topological polar surface area (TPSA) is 55.6 Å². The van der Waals surface area contributed by atoms with Gasteiger partial charge in [0.25, 0.3) is 0 Å². The molecule has 0 aliphatic carbocycles. The van der Waals surface area contributed by atoms with Crippen molar-refractivity contribution < 1.29 is 0 Å². The lowest BCUT2D eigenvalue weighted by Crippen LogP contribution is -2.07. The molecule has 118 valence electrons. The number of nitrogens with one attached hydrogen (secondary N) is 1. The van der Waals surface area contributed by atoms with Crippen LogP contribution >= 0.6 is 15.9 Å². The van der Waals surface area contributed by atoms with Gasteiger partial charge in [0.2, 0.25) is 0 Å². The van der Waals surface area contributed by atoms with Crippen molar-refractivity contribution in [3.8, 4) is 5.82 Å². The second-order valence-corrected chi connectivity index (χ2v) is 6.46. The van der Waals surface area contributed by atoms with Crippen molar-refractivity contribution in [2.24, 2.45) is 0 Å². The van der Waals surface area contributed by atoms with Crippen LogP contribution in [0.1, 0.15) is 22.5 Å². The van der Waals surface area contributed by atoms with E-state index in [0.717, 1.165) is 27.5 Å². The van der Waals surface area contributed by atoms with Gasteiger partial charge in [-0.15, -0.1) is 10.2 Å². The molecule has 0 unspecified atom stereocenters. The van der Waals surface area contributed by atoms with E-state index < -0.39 is 0 Å². The van der Waals surface area contributed by atoms with E-state index in [1.54, 1.807) is 4.68 Å². The molecule has 1 aromatic carbocycles. The molecule has 6 heteroatoms. The highest BCUT2D eigenvalue weighted by Crippen LogP contribution is 2.17. The SMILES string of the molecule is Cc1cc(C)n(-c2ccc(NCc3cc(Br)ccc3C)nn2)n1. The summed E-state index contributed by atoms with van der Waals surface area (Å²) in [7, 11) is 0. The number of aryl methyl sites for hydroxylation is 3. The molecule has 0 fully saturated rings. The minimum absolute atomic E-state index is 0.708. The highest BCUT2D eigenvalue weighted by molar-refractivity contribution is 9.10. The number of hydrogen-bond acceptors (Lipinski definition) is 4. The van der Waals surface area contributed by atoms with Gasteiger partial charge in [0.05, 0.1) is 5.69 Å². The first-order valence-corrected chi connectivity index (χ1v) is 8.18. The molecule has 0 bridgehead atoms. The van der Waals surface area contributed by atoms with E-state index in [-0.39, 0.29) is 0 Å². The maximum absolute atomic E-state index is 4.41. The van der Waals surface area contributed by atoms with Crippen molar-refractivity contribution in [3.05, 3.63) is 63.4 Å². The van der Waals surface area contributed by atoms with Crippen molar-refractivity contribution in [1.82, 2.24) is 20.0 Å². The third kappa shape index (κ3) is 3.59. The van der Waals surface area contributed by atoms with Crippen molar-refractivity contribution >= 4 is 21.7 Å². The fourth-order valence-electron chi connectivity index (χ4n) is 2.41. The monoisotopic (exact) mass is 371 g/mol. The minimum atomic E-state index is 0.708. The predicted octanol–water partition coefficient (Wildman–Crippen LogP) is 3.96. The molecule has 3 rings (SSSR count). The molecule has 0 saturated carbocycles. The van der Waals surface area contributed by atoms with Crippen LogP contribution < -0.4 is 5.32 Å². The summed E-state index contributed by atoms with van der Waals surface area (Å²) in [5, 5.41) is 16.2. The molecule has 0 radical (unpaired) electrons. The van der Waals surface area contributed by atoms with E-state index in [9.17, 15) is 0 Å². The van der Waals surface area contributed by atoms with Crippen molar-refractivity contribution in [2.75, 3.05) is 5.32 Å². The van der Waals surface area contributed by atoms with Crippen molar-refractivity contribution in [3.63, 3.8) is 0 Å². The summed E-state index contributed by atoms with van der Waals surface area (Å²) in [6, 6.07) is 12.1. The van der Waals surface area contributed by atoms with Gasteiger partial charge in [-0.3, -0.25) is 0 Å². The Labute approximate surface area is 143 Å². The third-order valence-corrected chi connectivity index (χ3v) is 4.14. The number of benzene rings is 1. The summed E-state index contributed by atoms with van der Waals surface area (Å²) in [4.78, 5) is 0. The third-order valence-electron chi connectivity index (χ3n) is 3.65. The number of nitrogens with zero attached hydrogens (tertiary/aromatic N) is 4. The van der Waals surface area contributed by atoms with Gasteiger partial charge in [-0.05, 0) is 62.2 Å². The van der Waals surface area contributed by atoms with E-state index in [4.69, 9.17) is 0 Å². The van der Waals surface area contributed by atoms with Gasteiger partial charge in [0.1, 0.15) is 5.82 Å². The fraction of sp³-hybridized carbons (Fsp3) is 0.235. The maximum atomic E-state index is 4.41. The molecular formula is C17H18BrN5. The molecule has 0 amide bonds. The van der Waals surface area contributed by atoms with Gasteiger partial charge in [-0.2, -0.15) is 5.10 Å². The normalized spacial score (nSPS) is 10.8. The summed E-state index contributed by atoms with van der Waals surface area (Å²) < 4.78 is 2.87. The zero-order chi connectivity index (χ0) is 16.4.